The summed E-state index contributed by atoms with van der Waals surface area (Å²) in [5.74, 6) is -0.257. The third-order valence-corrected chi connectivity index (χ3v) is 5.61. The Labute approximate surface area is 180 Å². The Morgan fingerprint density at radius 3 is 2.60 bits per heavy atom. The third-order valence-electron chi connectivity index (χ3n) is 4.70. The second-order valence-electron chi connectivity index (χ2n) is 7.01. The van der Waals surface area contributed by atoms with Gasteiger partial charge in [-0.25, -0.2) is 0 Å². The summed E-state index contributed by atoms with van der Waals surface area (Å²) < 4.78 is 5.91. The Morgan fingerprint density at radius 1 is 1.17 bits per heavy atom. The Kier molecular flexibility index (Phi) is 6.95. The molecule has 2 aromatic rings. The van der Waals surface area contributed by atoms with Gasteiger partial charge in [0.05, 0.1) is 11.0 Å². The van der Waals surface area contributed by atoms with Crippen LogP contribution in [0.5, 0.6) is 5.75 Å². The predicted molar refractivity (Wildman–Crippen MR) is 119 cm³/mol. The van der Waals surface area contributed by atoms with Crippen LogP contribution in [-0.4, -0.2) is 34.6 Å². The highest BCUT2D eigenvalue weighted by Gasteiger charge is 2.36. The molecule has 0 radical (unpaired) electrons. The highest BCUT2D eigenvalue weighted by atomic mass is 32.2. The number of rotatable bonds is 7. The topological polar surface area (TPSA) is 75.7 Å². The number of thioether (sulfide) groups is 1. The molecule has 3 rings (SSSR count). The maximum absolute atomic E-state index is 12.8. The Balaban J connectivity index is 1.73. The lowest BCUT2D eigenvalue weighted by Crippen LogP contribution is -2.36. The summed E-state index contributed by atoms with van der Waals surface area (Å²) >= 11 is 0.824. The number of para-hydroxylation sites is 2. The molecule has 1 saturated heterocycles. The third kappa shape index (κ3) is 5.10. The standard InChI is InChI=1S/C23H24N2O4S/c1-4-16(3)29-19-12-8-6-10-17(19)13-20-22(27)25(23(28)30-20)14-21(26)24-18-11-7-5-9-15(18)2/h5-13,16H,4,14H2,1-3H3,(H,24,26)/b20-13+. The zero-order valence-corrected chi connectivity index (χ0v) is 18.0. The highest BCUT2D eigenvalue weighted by molar-refractivity contribution is 8.18. The van der Waals surface area contributed by atoms with E-state index in [9.17, 15) is 14.4 Å². The Bertz CT molecular complexity index is 1000. The highest BCUT2D eigenvalue weighted by Crippen LogP contribution is 2.34. The number of ether oxygens (including phenoxy) is 1. The second-order valence-corrected chi connectivity index (χ2v) is 8.00. The van der Waals surface area contributed by atoms with E-state index in [-0.39, 0.29) is 17.6 Å². The molecular weight excluding hydrogens is 400 g/mol. The average Bonchev–Trinajstić information content (AvgIpc) is 2.98. The van der Waals surface area contributed by atoms with Crippen molar-refractivity contribution in [3.8, 4) is 5.75 Å². The average molecular weight is 425 g/mol. The van der Waals surface area contributed by atoms with Gasteiger partial charge in [0.15, 0.2) is 0 Å². The summed E-state index contributed by atoms with van der Waals surface area (Å²) in [5.41, 5.74) is 2.27. The normalized spacial score (nSPS) is 16.1. The zero-order valence-electron chi connectivity index (χ0n) is 17.2. The molecule has 1 aliphatic heterocycles. The van der Waals surface area contributed by atoms with Crippen LogP contribution in [0.2, 0.25) is 0 Å². The molecule has 7 heteroatoms. The van der Waals surface area contributed by atoms with Crippen molar-refractivity contribution in [2.75, 3.05) is 11.9 Å². The SMILES string of the molecule is CCC(C)Oc1ccccc1/C=C1/SC(=O)N(CC(=O)Nc2ccccc2C)C1=O. The summed E-state index contributed by atoms with van der Waals surface area (Å²) in [6.45, 7) is 5.54. The predicted octanol–water partition coefficient (Wildman–Crippen LogP) is 4.85. The van der Waals surface area contributed by atoms with Crippen molar-refractivity contribution in [3.63, 3.8) is 0 Å². The fourth-order valence-corrected chi connectivity index (χ4v) is 3.66. The summed E-state index contributed by atoms with van der Waals surface area (Å²) in [5, 5.41) is 2.28. The number of imide groups is 1. The van der Waals surface area contributed by atoms with Gasteiger partial charge >= 0.3 is 0 Å². The van der Waals surface area contributed by atoms with Gasteiger partial charge in [-0.2, -0.15) is 0 Å². The summed E-state index contributed by atoms with van der Waals surface area (Å²) in [7, 11) is 0. The molecule has 0 bridgehead atoms. The van der Waals surface area contributed by atoms with Crippen molar-refractivity contribution in [2.45, 2.75) is 33.3 Å². The first-order valence-electron chi connectivity index (χ1n) is 9.75. The van der Waals surface area contributed by atoms with E-state index in [0.717, 1.165) is 28.6 Å². The number of benzene rings is 2. The van der Waals surface area contributed by atoms with Crippen LogP contribution in [0.4, 0.5) is 10.5 Å². The van der Waals surface area contributed by atoms with Crippen LogP contribution in [-0.2, 0) is 9.59 Å². The van der Waals surface area contributed by atoms with Crippen LogP contribution in [0.25, 0.3) is 6.08 Å². The molecule has 1 aliphatic rings. The molecule has 1 heterocycles. The smallest absolute Gasteiger partial charge is 0.294 e. The molecule has 1 fully saturated rings. The van der Waals surface area contributed by atoms with Gasteiger partial charge in [0.1, 0.15) is 12.3 Å². The zero-order chi connectivity index (χ0) is 21.7. The first kappa shape index (κ1) is 21.6. The van der Waals surface area contributed by atoms with Crippen LogP contribution in [0.3, 0.4) is 0 Å². The fourth-order valence-electron chi connectivity index (χ4n) is 2.83. The lowest BCUT2D eigenvalue weighted by Gasteiger charge is -2.15. The van der Waals surface area contributed by atoms with Crippen molar-refractivity contribution in [3.05, 3.63) is 64.6 Å². The number of aryl methyl sites for hydroxylation is 1. The molecule has 6 nitrogen and oxygen atoms in total. The van der Waals surface area contributed by atoms with Gasteiger partial charge in [-0.05, 0) is 55.8 Å². The lowest BCUT2D eigenvalue weighted by molar-refractivity contribution is -0.127. The molecular formula is C23H24N2O4S. The van der Waals surface area contributed by atoms with Crippen LogP contribution >= 0.6 is 11.8 Å². The van der Waals surface area contributed by atoms with Crippen LogP contribution in [0.15, 0.2) is 53.4 Å². The Morgan fingerprint density at radius 2 is 1.87 bits per heavy atom. The molecule has 0 aromatic heterocycles. The molecule has 1 N–H and O–H groups in total. The maximum atomic E-state index is 12.8. The minimum absolute atomic E-state index is 0.0275. The van der Waals surface area contributed by atoms with Gasteiger partial charge in [-0.1, -0.05) is 43.3 Å². The molecule has 156 valence electrons. The molecule has 0 spiro atoms. The number of nitrogens with one attached hydrogen (secondary N) is 1. The monoisotopic (exact) mass is 424 g/mol. The molecule has 2 aromatic carbocycles. The second kappa shape index (κ2) is 9.63. The van der Waals surface area contributed by atoms with Gasteiger partial charge < -0.3 is 10.1 Å². The molecule has 1 unspecified atom stereocenters. The van der Waals surface area contributed by atoms with E-state index in [1.54, 1.807) is 12.1 Å². The van der Waals surface area contributed by atoms with Crippen molar-refractivity contribution in [1.29, 1.82) is 0 Å². The first-order chi connectivity index (χ1) is 14.4. The van der Waals surface area contributed by atoms with E-state index in [2.05, 4.69) is 5.32 Å². The maximum Gasteiger partial charge on any atom is 0.294 e. The molecule has 0 aliphatic carbocycles. The Hall–Kier alpha value is -3.06. The van der Waals surface area contributed by atoms with Crippen molar-refractivity contribution in [2.24, 2.45) is 0 Å². The quantitative estimate of drug-likeness (QED) is 0.643. The number of hydrogen-bond donors (Lipinski definition) is 1. The number of carbonyl (C=O) groups is 3. The molecule has 0 saturated carbocycles. The molecule has 3 amide bonds. The number of carbonyl (C=O) groups excluding carboxylic acids is 3. The number of nitrogens with zero attached hydrogens (tertiary/aromatic N) is 1. The van der Waals surface area contributed by atoms with E-state index in [1.165, 1.54) is 0 Å². The molecule has 1 atom stereocenters. The molecule has 30 heavy (non-hydrogen) atoms. The summed E-state index contributed by atoms with van der Waals surface area (Å²) in [6.07, 6.45) is 2.52. The number of anilines is 1. The van der Waals surface area contributed by atoms with E-state index < -0.39 is 17.1 Å². The largest absolute Gasteiger partial charge is 0.490 e. The summed E-state index contributed by atoms with van der Waals surface area (Å²) in [6, 6.07) is 14.7. The summed E-state index contributed by atoms with van der Waals surface area (Å²) in [4.78, 5) is 38.7. The van der Waals surface area contributed by atoms with Crippen LogP contribution in [0.1, 0.15) is 31.4 Å². The van der Waals surface area contributed by atoms with Gasteiger partial charge in [-0.15, -0.1) is 0 Å². The number of amides is 3. The van der Waals surface area contributed by atoms with Crippen molar-refractivity contribution < 1.29 is 19.1 Å². The van der Waals surface area contributed by atoms with Gasteiger partial charge in [0, 0.05) is 11.3 Å². The van der Waals surface area contributed by atoms with E-state index in [1.807, 2.05) is 63.2 Å². The van der Waals surface area contributed by atoms with Crippen molar-refractivity contribution >= 4 is 40.6 Å². The minimum Gasteiger partial charge on any atom is -0.490 e. The minimum atomic E-state index is -0.483. The fraction of sp³-hybridized carbons (Fsp3) is 0.261. The van der Waals surface area contributed by atoms with Gasteiger partial charge in [0.2, 0.25) is 5.91 Å². The van der Waals surface area contributed by atoms with Gasteiger partial charge in [-0.3, -0.25) is 19.3 Å². The van der Waals surface area contributed by atoms with E-state index >= 15 is 0 Å². The van der Waals surface area contributed by atoms with Crippen molar-refractivity contribution in [1.82, 2.24) is 4.90 Å². The lowest BCUT2D eigenvalue weighted by atomic mass is 10.1. The van der Waals surface area contributed by atoms with Gasteiger partial charge in [0.25, 0.3) is 11.1 Å². The first-order valence-corrected chi connectivity index (χ1v) is 10.6. The number of hydrogen-bond acceptors (Lipinski definition) is 5. The van der Waals surface area contributed by atoms with E-state index in [0.29, 0.717) is 17.0 Å². The van der Waals surface area contributed by atoms with E-state index in [4.69, 9.17) is 4.74 Å². The van der Waals surface area contributed by atoms with Crippen LogP contribution < -0.4 is 10.1 Å². The van der Waals surface area contributed by atoms with Crippen LogP contribution in [0, 0.1) is 6.92 Å².